The van der Waals surface area contributed by atoms with Gasteiger partial charge in [-0.25, -0.2) is 4.79 Å². The fraction of sp³-hybridized carbons (Fsp3) is 0.0714. The van der Waals surface area contributed by atoms with Crippen molar-refractivity contribution in [2.45, 2.75) is 6.10 Å². The van der Waals surface area contributed by atoms with Crippen LogP contribution in [-0.2, 0) is 4.79 Å². The van der Waals surface area contributed by atoms with E-state index in [1.807, 2.05) is 0 Å². The lowest BCUT2D eigenvalue weighted by atomic mass is 10.1. The van der Waals surface area contributed by atoms with E-state index in [2.05, 4.69) is 0 Å². The van der Waals surface area contributed by atoms with Gasteiger partial charge in [-0.15, -0.1) is 0 Å². The Kier molecular flexibility index (Phi) is 3.97. The molecule has 0 radical (unpaired) electrons. The first-order chi connectivity index (χ1) is 8.68. The molecule has 1 unspecified atom stereocenters. The van der Waals surface area contributed by atoms with Crippen molar-refractivity contribution in [2.75, 3.05) is 0 Å². The van der Waals surface area contributed by atoms with Crippen LogP contribution in [0.25, 0.3) is 0 Å². The lowest BCUT2D eigenvalue weighted by Crippen LogP contribution is -2.18. The average Bonchev–Trinajstić information content (AvgIpc) is 2.41. The van der Waals surface area contributed by atoms with Gasteiger partial charge in [0, 0.05) is 0 Å². The van der Waals surface area contributed by atoms with Crippen molar-refractivity contribution in [1.29, 1.82) is 0 Å². The summed E-state index contributed by atoms with van der Waals surface area (Å²) in [5.74, 6) is -0.520. The first-order valence-corrected chi connectivity index (χ1v) is 5.75. The fourth-order valence-electron chi connectivity index (χ4n) is 1.46. The van der Waals surface area contributed by atoms with E-state index < -0.39 is 12.1 Å². The first kappa shape index (κ1) is 12.6. The van der Waals surface area contributed by atoms with Crippen molar-refractivity contribution in [3.05, 3.63) is 65.2 Å². The molecular weight excluding hydrogens is 252 g/mol. The van der Waals surface area contributed by atoms with Gasteiger partial charge in [-0.1, -0.05) is 54.1 Å². The van der Waals surface area contributed by atoms with E-state index in [1.54, 1.807) is 54.6 Å². The highest BCUT2D eigenvalue weighted by Crippen LogP contribution is 2.25. The number of carbonyl (C=O) groups excluding carboxylic acids is 1. The monoisotopic (exact) mass is 262 g/mol. The maximum atomic E-state index is 11.7. The Balaban J connectivity index is 2.12. The molecule has 0 aliphatic rings. The summed E-state index contributed by atoms with van der Waals surface area (Å²) >= 11 is 5.86. The lowest BCUT2D eigenvalue weighted by Gasteiger charge is -2.11. The van der Waals surface area contributed by atoms with Crippen molar-refractivity contribution in [2.24, 2.45) is 0 Å². The average molecular weight is 263 g/mol. The Hall–Kier alpha value is -1.84. The molecule has 3 nitrogen and oxygen atoms in total. The van der Waals surface area contributed by atoms with Crippen molar-refractivity contribution in [3.8, 4) is 5.75 Å². The predicted molar refractivity (Wildman–Crippen MR) is 68.5 cm³/mol. The highest BCUT2D eigenvalue weighted by molar-refractivity contribution is 6.32. The molecule has 1 N–H and O–H groups in total. The van der Waals surface area contributed by atoms with E-state index in [4.69, 9.17) is 16.3 Å². The van der Waals surface area contributed by atoms with Gasteiger partial charge in [0.1, 0.15) is 5.75 Å². The van der Waals surface area contributed by atoms with E-state index in [9.17, 15) is 9.90 Å². The topological polar surface area (TPSA) is 46.5 Å². The quantitative estimate of drug-likeness (QED) is 0.683. The number of hydrogen-bond donors (Lipinski definition) is 1. The third kappa shape index (κ3) is 2.88. The Morgan fingerprint density at radius 2 is 1.67 bits per heavy atom. The minimum atomic E-state index is -1.32. The van der Waals surface area contributed by atoms with Gasteiger partial charge in [0.2, 0.25) is 0 Å². The molecule has 2 rings (SSSR count). The maximum absolute atomic E-state index is 11.7. The molecule has 0 bridgehead atoms. The second-order valence-electron chi connectivity index (χ2n) is 3.66. The van der Waals surface area contributed by atoms with E-state index in [0.717, 1.165) is 0 Å². The van der Waals surface area contributed by atoms with Crippen LogP contribution in [0.1, 0.15) is 11.7 Å². The van der Waals surface area contributed by atoms with Gasteiger partial charge in [-0.3, -0.25) is 0 Å². The predicted octanol–water partition coefficient (Wildman–Crippen LogP) is 2.98. The molecule has 0 spiro atoms. The number of rotatable bonds is 3. The summed E-state index contributed by atoms with van der Waals surface area (Å²) in [5, 5.41) is 10.1. The largest absolute Gasteiger partial charge is 0.423 e. The van der Waals surface area contributed by atoms with Gasteiger partial charge < -0.3 is 9.84 Å². The third-order valence-electron chi connectivity index (χ3n) is 2.39. The Morgan fingerprint density at radius 1 is 1.06 bits per heavy atom. The molecule has 0 aliphatic carbocycles. The van der Waals surface area contributed by atoms with Crippen LogP contribution in [0.2, 0.25) is 5.02 Å². The van der Waals surface area contributed by atoms with Crippen LogP contribution in [-0.4, -0.2) is 11.1 Å². The number of benzene rings is 2. The van der Waals surface area contributed by atoms with E-state index in [0.29, 0.717) is 10.6 Å². The smallest absolute Gasteiger partial charge is 0.345 e. The molecule has 2 aromatic rings. The minimum absolute atomic E-state index is 0.235. The van der Waals surface area contributed by atoms with Gasteiger partial charge in [0.15, 0.2) is 6.10 Å². The molecule has 0 amide bonds. The van der Waals surface area contributed by atoms with E-state index in [1.165, 1.54) is 0 Å². The summed E-state index contributed by atoms with van der Waals surface area (Å²) in [5.41, 5.74) is 0.481. The van der Waals surface area contributed by atoms with Crippen molar-refractivity contribution >= 4 is 17.6 Å². The van der Waals surface area contributed by atoms with Crippen LogP contribution in [0.15, 0.2) is 54.6 Å². The van der Waals surface area contributed by atoms with Gasteiger partial charge in [-0.2, -0.15) is 0 Å². The zero-order valence-corrected chi connectivity index (χ0v) is 10.2. The summed E-state index contributed by atoms with van der Waals surface area (Å²) in [7, 11) is 0. The molecule has 92 valence electrons. The van der Waals surface area contributed by atoms with E-state index in [-0.39, 0.29) is 5.75 Å². The number of esters is 1. The van der Waals surface area contributed by atoms with Crippen LogP contribution in [0.3, 0.4) is 0 Å². The number of aliphatic hydroxyl groups is 1. The highest BCUT2D eigenvalue weighted by Gasteiger charge is 2.20. The normalized spacial score (nSPS) is 11.9. The zero-order valence-electron chi connectivity index (χ0n) is 9.42. The van der Waals surface area contributed by atoms with Crippen LogP contribution in [0.4, 0.5) is 0 Å². The summed E-state index contributed by atoms with van der Waals surface area (Å²) in [6.45, 7) is 0. The number of ether oxygens (including phenoxy) is 1. The van der Waals surface area contributed by atoms with Crippen LogP contribution >= 0.6 is 11.6 Å². The van der Waals surface area contributed by atoms with Crippen LogP contribution < -0.4 is 4.74 Å². The SMILES string of the molecule is O=C(Oc1ccccc1Cl)C(O)c1ccccc1. The summed E-state index contributed by atoms with van der Waals surface area (Å²) in [4.78, 5) is 11.7. The maximum Gasteiger partial charge on any atom is 0.345 e. The van der Waals surface area contributed by atoms with Gasteiger partial charge in [0.25, 0.3) is 0 Å². The highest BCUT2D eigenvalue weighted by atomic mass is 35.5. The molecule has 0 aliphatic heterocycles. The van der Waals surface area contributed by atoms with Gasteiger partial charge in [-0.05, 0) is 17.7 Å². The second kappa shape index (κ2) is 5.67. The second-order valence-corrected chi connectivity index (χ2v) is 4.07. The molecule has 0 fully saturated rings. The molecule has 1 atom stereocenters. The Labute approximate surface area is 110 Å². The molecule has 0 aromatic heterocycles. The van der Waals surface area contributed by atoms with Crippen LogP contribution in [0, 0.1) is 0 Å². The molecule has 18 heavy (non-hydrogen) atoms. The summed E-state index contributed by atoms with van der Waals surface area (Å²) < 4.78 is 5.04. The van der Waals surface area contributed by atoms with E-state index >= 15 is 0 Å². The summed E-state index contributed by atoms with van der Waals surface area (Å²) in [6.07, 6.45) is -1.32. The molecule has 2 aromatic carbocycles. The van der Waals surface area contributed by atoms with Gasteiger partial charge >= 0.3 is 5.97 Å². The summed E-state index contributed by atoms with van der Waals surface area (Å²) in [6, 6.07) is 15.2. The number of para-hydroxylation sites is 1. The van der Waals surface area contributed by atoms with Gasteiger partial charge in [0.05, 0.1) is 5.02 Å². The van der Waals surface area contributed by atoms with Crippen molar-refractivity contribution in [3.63, 3.8) is 0 Å². The first-order valence-electron chi connectivity index (χ1n) is 5.37. The molecule has 4 heteroatoms. The van der Waals surface area contributed by atoms with Crippen LogP contribution in [0.5, 0.6) is 5.75 Å². The number of halogens is 1. The van der Waals surface area contributed by atoms with Crippen molar-refractivity contribution < 1.29 is 14.6 Å². The number of hydrogen-bond acceptors (Lipinski definition) is 3. The molecular formula is C14H11ClO3. The fourth-order valence-corrected chi connectivity index (χ4v) is 1.64. The lowest BCUT2D eigenvalue weighted by molar-refractivity contribution is -0.144. The standard InChI is InChI=1S/C14H11ClO3/c15-11-8-4-5-9-12(11)18-14(17)13(16)10-6-2-1-3-7-10/h1-9,13,16H. The molecule has 0 saturated carbocycles. The third-order valence-corrected chi connectivity index (χ3v) is 2.70. The Morgan fingerprint density at radius 3 is 2.33 bits per heavy atom. The zero-order chi connectivity index (χ0) is 13.0. The molecule has 0 saturated heterocycles. The van der Waals surface area contributed by atoms with Crippen molar-refractivity contribution in [1.82, 2.24) is 0 Å². The Bertz CT molecular complexity index is 540. The molecule has 0 heterocycles. The minimum Gasteiger partial charge on any atom is -0.423 e. The number of aliphatic hydroxyl groups excluding tert-OH is 1. The number of carbonyl (C=O) groups is 1.